The zero-order valence-corrected chi connectivity index (χ0v) is 12.0. The Morgan fingerprint density at radius 2 is 2.15 bits per heavy atom. The lowest BCUT2D eigenvalue weighted by molar-refractivity contribution is 0.0716. The standard InChI is InChI=1S/C16H22N2O2/c1-12-3-2-7-17(12)9-10-18-8-6-13-11-14(19)4-5-15(13)16(18)20/h4-5,11-12,19H,2-3,6-10H2,1H3. The van der Waals surface area contributed by atoms with Crippen molar-refractivity contribution in [1.82, 2.24) is 9.80 Å². The van der Waals surface area contributed by atoms with E-state index >= 15 is 0 Å². The number of rotatable bonds is 3. The molecular weight excluding hydrogens is 252 g/mol. The van der Waals surface area contributed by atoms with Gasteiger partial charge in [0.15, 0.2) is 0 Å². The van der Waals surface area contributed by atoms with Crippen LogP contribution in [0.15, 0.2) is 18.2 Å². The van der Waals surface area contributed by atoms with Gasteiger partial charge in [-0.1, -0.05) is 0 Å². The van der Waals surface area contributed by atoms with Crippen molar-refractivity contribution in [2.75, 3.05) is 26.2 Å². The Labute approximate surface area is 120 Å². The number of carbonyl (C=O) groups excluding carboxylic acids is 1. The highest BCUT2D eigenvalue weighted by Crippen LogP contribution is 2.23. The summed E-state index contributed by atoms with van der Waals surface area (Å²) in [5.41, 5.74) is 1.73. The van der Waals surface area contributed by atoms with Crippen molar-refractivity contribution in [1.29, 1.82) is 0 Å². The van der Waals surface area contributed by atoms with Gasteiger partial charge in [0.1, 0.15) is 5.75 Å². The zero-order valence-electron chi connectivity index (χ0n) is 12.0. The van der Waals surface area contributed by atoms with Crippen LogP contribution in [0.4, 0.5) is 0 Å². The molecule has 3 rings (SSSR count). The fourth-order valence-corrected chi connectivity index (χ4v) is 3.31. The molecule has 2 aliphatic heterocycles. The van der Waals surface area contributed by atoms with Gasteiger partial charge >= 0.3 is 0 Å². The van der Waals surface area contributed by atoms with Crippen LogP contribution in [0.5, 0.6) is 5.75 Å². The average molecular weight is 274 g/mol. The van der Waals surface area contributed by atoms with E-state index < -0.39 is 0 Å². The quantitative estimate of drug-likeness (QED) is 0.915. The molecular formula is C16H22N2O2. The first-order valence-electron chi connectivity index (χ1n) is 7.50. The van der Waals surface area contributed by atoms with Gasteiger partial charge in [-0.2, -0.15) is 0 Å². The van der Waals surface area contributed by atoms with Crippen LogP contribution in [0.3, 0.4) is 0 Å². The molecule has 20 heavy (non-hydrogen) atoms. The molecule has 2 aliphatic rings. The van der Waals surface area contributed by atoms with Crippen molar-refractivity contribution < 1.29 is 9.90 Å². The Bertz CT molecular complexity index is 515. The molecule has 1 aromatic rings. The van der Waals surface area contributed by atoms with Gasteiger partial charge in [0.05, 0.1) is 0 Å². The molecule has 108 valence electrons. The third kappa shape index (κ3) is 2.52. The number of nitrogens with zero attached hydrogens (tertiary/aromatic N) is 2. The summed E-state index contributed by atoms with van der Waals surface area (Å²) < 4.78 is 0. The summed E-state index contributed by atoms with van der Waals surface area (Å²) in [4.78, 5) is 16.9. The second-order valence-electron chi connectivity index (χ2n) is 5.91. The maximum Gasteiger partial charge on any atom is 0.254 e. The second-order valence-corrected chi connectivity index (χ2v) is 5.91. The Morgan fingerprint density at radius 1 is 1.30 bits per heavy atom. The van der Waals surface area contributed by atoms with Gasteiger partial charge in [-0.25, -0.2) is 0 Å². The maximum atomic E-state index is 12.4. The third-order valence-corrected chi connectivity index (χ3v) is 4.61. The minimum Gasteiger partial charge on any atom is -0.508 e. The first-order valence-corrected chi connectivity index (χ1v) is 7.50. The summed E-state index contributed by atoms with van der Waals surface area (Å²) in [6.07, 6.45) is 3.39. The SMILES string of the molecule is CC1CCCN1CCN1CCc2cc(O)ccc2C1=O. The van der Waals surface area contributed by atoms with Crippen molar-refractivity contribution in [2.45, 2.75) is 32.2 Å². The minimum atomic E-state index is 0.109. The molecule has 1 unspecified atom stereocenters. The highest BCUT2D eigenvalue weighted by molar-refractivity contribution is 5.96. The van der Waals surface area contributed by atoms with Gasteiger partial charge in [-0.3, -0.25) is 9.69 Å². The molecule has 0 spiro atoms. The normalized spacial score (nSPS) is 23.1. The summed E-state index contributed by atoms with van der Waals surface area (Å²) in [5, 5.41) is 9.48. The van der Waals surface area contributed by atoms with Crippen LogP contribution < -0.4 is 0 Å². The monoisotopic (exact) mass is 274 g/mol. The number of hydrogen-bond acceptors (Lipinski definition) is 3. The molecule has 0 aromatic heterocycles. The Kier molecular flexibility index (Phi) is 3.66. The van der Waals surface area contributed by atoms with E-state index in [1.165, 1.54) is 12.8 Å². The first-order chi connectivity index (χ1) is 9.65. The molecule has 0 bridgehead atoms. The number of hydrogen-bond donors (Lipinski definition) is 1. The van der Waals surface area contributed by atoms with Crippen molar-refractivity contribution in [3.05, 3.63) is 29.3 Å². The molecule has 0 saturated carbocycles. The number of benzene rings is 1. The van der Waals surface area contributed by atoms with Gasteiger partial charge in [0.25, 0.3) is 5.91 Å². The number of aromatic hydroxyl groups is 1. The molecule has 4 nitrogen and oxygen atoms in total. The topological polar surface area (TPSA) is 43.8 Å². The molecule has 1 fully saturated rings. The summed E-state index contributed by atoms with van der Waals surface area (Å²) in [5.74, 6) is 0.356. The number of carbonyl (C=O) groups is 1. The molecule has 1 saturated heterocycles. The molecule has 1 amide bonds. The van der Waals surface area contributed by atoms with E-state index in [0.717, 1.165) is 43.7 Å². The van der Waals surface area contributed by atoms with Crippen LogP contribution in [0.25, 0.3) is 0 Å². The van der Waals surface area contributed by atoms with Gasteiger partial charge in [0, 0.05) is 31.2 Å². The molecule has 0 radical (unpaired) electrons. The maximum absolute atomic E-state index is 12.4. The van der Waals surface area contributed by atoms with Crippen molar-refractivity contribution >= 4 is 5.91 Å². The van der Waals surface area contributed by atoms with E-state index in [9.17, 15) is 9.90 Å². The van der Waals surface area contributed by atoms with E-state index in [1.807, 2.05) is 4.90 Å². The summed E-state index contributed by atoms with van der Waals surface area (Å²) in [6.45, 7) is 5.97. The van der Waals surface area contributed by atoms with Crippen LogP contribution in [0.2, 0.25) is 0 Å². The molecule has 2 heterocycles. The van der Waals surface area contributed by atoms with E-state index in [4.69, 9.17) is 0 Å². The lowest BCUT2D eigenvalue weighted by atomic mass is 9.98. The smallest absolute Gasteiger partial charge is 0.254 e. The first kappa shape index (κ1) is 13.4. The van der Waals surface area contributed by atoms with Crippen molar-refractivity contribution in [2.24, 2.45) is 0 Å². The number of phenolic OH excluding ortho intramolecular Hbond substituents is 1. The van der Waals surface area contributed by atoms with Crippen molar-refractivity contribution in [3.8, 4) is 5.75 Å². The van der Waals surface area contributed by atoms with E-state index in [2.05, 4.69) is 11.8 Å². The zero-order chi connectivity index (χ0) is 14.1. The van der Waals surface area contributed by atoms with Crippen LogP contribution in [0, 0.1) is 0 Å². The van der Waals surface area contributed by atoms with Gasteiger partial charge in [-0.05, 0) is 56.5 Å². The number of fused-ring (bicyclic) bond motifs is 1. The molecule has 4 heteroatoms. The highest BCUT2D eigenvalue weighted by atomic mass is 16.3. The van der Waals surface area contributed by atoms with Gasteiger partial charge in [0.2, 0.25) is 0 Å². The van der Waals surface area contributed by atoms with E-state index in [1.54, 1.807) is 18.2 Å². The predicted octanol–water partition coefficient (Wildman–Crippen LogP) is 1.87. The predicted molar refractivity (Wildman–Crippen MR) is 78.0 cm³/mol. The lowest BCUT2D eigenvalue weighted by Gasteiger charge is -2.31. The van der Waals surface area contributed by atoms with Gasteiger partial charge < -0.3 is 10.0 Å². The number of likely N-dealkylation sites (tertiary alicyclic amines) is 1. The molecule has 1 aromatic carbocycles. The Hall–Kier alpha value is -1.55. The third-order valence-electron chi connectivity index (χ3n) is 4.61. The summed E-state index contributed by atoms with van der Waals surface area (Å²) in [6, 6.07) is 5.71. The second kappa shape index (κ2) is 5.44. The summed E-state index contributed by atoms with van der Waals surface area (Å²) >= 11 is 0. The largest absolute Gasteiger partial charge is 0.508 e. The molecule has 1 N–H and O–H groups in total. The van der Waals surface area contributed by atoms with E-state index in [0.29, 0.717) is 6.04 Å². The molecule has 0 aliphatic carbocycles. The number of phenols is 1. The van der Waals surface area contributed by atoms with Crippen molar-refractivity contribution in [3.63, 3.8) is 0 Å². The average Bonchev–Trinajstić information content (AvgIpc) is 2.83. The van der Waals surface area contributed by atoms with Gasteiger partial charge in [-0.15, -0.1) is 0 Å². The summed E-state index contributed by atoms with van der Waals surface area (Å²) in [7, 11) is 0. The Balaban J connectivity index is 1.65. The highest BCUT2D eigenvalue weighted by Gasteiger charge is 2.26. The number of amides is 1. The van der Waals surface area contributed by atoms with Crippen LogP contribution in [-0.4, -0.2) is 53.0 Å². The van der Waals surface area contributed by atoms with Crippen LogP contribution >= 0.6 is 0 Å². The fraction of sp³-hybridized carbons (Fsp3) is 0.562. The van der Waals surface area contributed by atoms with Crippen LogP contribution in [-0.2, 0) is 6.42 Å². The Morgan fingerprint density at radius 3 is 2.90 bits per heavy atom. The minimum absolute atomic E-state index is 0.109. The molecule has 1 atom stereocenters. The van der Waals surface area contributed by atoms with Crippen LogP contribution in [0.1, 0.15) is 35.7 Å². The van der Waals surface area contributed by atoms with E-state index in [-0.39, 0.29) is 11.7 Å². The lowest BCUT2D eigenvalue weighted by Crippen LogP contribution is -2.43. The fourth-order valence-electron chi connectivity index (χ4n) is 3.31.